The normalized spacial score (nSPS) is 9.83. The highest BCUT2D eigenvalue weighted by molar-refractivity contribution is 5.42. The maximum Gasteiger partial charge on any atom is 0.128 e. The minimum atomic E-state index is 1.02. The molecule has 0 radical (unpaired) electrons. The van der Waals surface area contributed by atoms with Gasteiger partial charge >= 0.3 is 0 Å². The van der Waals surface area contributed by atoms with E-state index in [4.69, 9.17) is 0 Å². The molecule has 1 rings (SSSR count). The molecule has 0 aliphatic heterocycles. The van der Waals surface area contributed by atoms with Crippen molar-refractivity contribution < 1.29 is 0 Å². The highest BCUT2D eigenvalue weighted by Gasteiger charge is 1.98. The van der Waals surface area contributed by atoms with Crippen molar-refractivity contribution >= 4 is 5.82 Å². The second-order valence-electron chi connectivity index (χ2n) is 2.86. The van der Waals surface area contributed by atoms with Crippen LogP contribution >= 0.6 is 0 Å². The van der Waals surface area contributed by atoms with Crippen molar-refractivity contribution in [2.75, 3.05) is 12.4 Å². The number of aromatic nitrogens is 1. The standard InChI is InChI=1S/C10H16N2/c1-3-4-6-9-7-5-8-12-10(9)11-2/h5,7-8H,3-4,6H2,1-2H3,(H,11,12). The average Bonchev–Trinajstić information content (AvgIpc) is 2.15. The number of pyridine rings is 1. The Labute approximate surface area is 74.0 Å². The van der Waals surface area contributed by atoms with Crippen molar-refractivity contribution in [3.8, 4) is 0 Å². The van der Waals surface area contributed by atoms with Crippen LogP contribution in [0.1, 0.15) is 25.3 Å². The number of anilines is 1. The van der Waals surface area contributed by atoms with E-state index in [0.717, 1.165) is 12.2 Å². The van der Waals surface area contributed by atoms with Crippen LogP contribution in [0.15, 0.2) is 18.3 Å². The molecule has 0 bridgehead atoms. The van der Waals surface area contributed by atoms with Crippen LogP contribution in [0.4, 0.5) is 5.82 Å². The van der Waals surface area contributed by atoms with Crippen LogP contribution in [0.25, 0.3) is 0 Å². The minimum Gasteiger partial charge on any atom is -0.373 e. The molecule has 0 aliphatic carbocycles. The Balaban J connectivity index is 2.68. The van der Waals surface area contributed by atoms with Gasteiger partial charge in [0.15, 0.2) is 0 Å². The minimum absolute atomic E-state index is 1.02. The Kier molecular flexibility index (Phi) is 3.58. The number of hydrogen-bond donors (Lipinski definition) is 1. The van der Waals surface area contributed by atoms with Gasteiger partial charge in [-0.25, -0.2) is 4.98 Å². The Morgan fingerprint density at radius 3 is 3.00 bits per heavy atom. The van der Waals surface area contributed by atoms with Crippen molar-refractivity contribution in [2.24, 2.45) is 0 Å². The zero-order chi connectivity index (χ0) is 8.81. The van der Waals surface area contributed by atoms with Gasteiger partial charge in [-0.3, -0.25) is 0 Å². The van der Waals surface area contributed by atoms with E-state index in [1.165, 1.54) is 18.4 Å². The zero-order valence-corrected chi connectivity index (χ0v) is 7.80. The van der Waals surface area contributed by atoms with Crippen LogP contribution in [0.3, 0.4) is 0 Å². The molecule has 0 spiro atoms. The van der Waals surface area contributed by atoms with E-state index in [0.29, 0.717) is 0 Å². The molecular weight excluding hydrogens is 148 g/mol. The van der Waals surface area contributed by atoms with Crippen LogP contribution in [-0.2, 0) is 6.42 Å². The van der Waals surface area contributed by atoms with E-state index >= 15 is 0 Å². The first-order valence-corrected chi connectivity index (χ1v) is 4.50. The summed E-state index contributed by atoms with van der Waals surface area (Å²) in [5, 5.41) is 3.09. The SMILES string of the molecule is CCCCc1cccnc1NC. The van der Waals surface area contributed by atoms with E-state index in [1.54, 1.807) is 0 Å². The molecule has 0 aliphatic rings. The molecule has 0 saturated carbocycles. The van der Waals surface area contributed by atoms with E-state index < -0.39 is 0 Å². The number of nitrogens with one attached hydrogen (secondary N) is 1. The molecule has 0 saturated heterocycles. The third-order valence-electron chi connectivity index (χ3n) is 1.93. The summed E-state index contributed by atoms with van der Waals surface area (Å²) < 4.78 is 0. The van der Waals surface area contributed by atoms with E-state index in [1.807, 2.05) is 19.3 Å². The third-order valence-corrected chi connectivity index (χ3v) is 1.93. The Morgan fingerprint density at radius 1 is 1.50 bits per heavy atom. The van der Waals surface area contributed by atoms with Crippen molar-refractivity contribution in [1.82, 2.24) is 4.98 Å². The summed E-state index contributed by atoms with van der Waals surface area (Å²) in [6, 6.07) is 4.13. The van der Waals surface area contributed by atoms with Gasteiger partial charge in [-0.15, -0.1) is 0 Å². The molecule has 0 aromatic carbocycles. The molecule has 0 unspecified atom stereocenters. The Bertz CT molecular complexity index is 233. The van der Waals surface area contributed by atoms with Crippen molar-refractivity contribution in [3.05, 3.63) is 23.9 Å². The first kappa shape index (κ1) is 9.04. The highest BCUT2D eigenvalue weighted by atomic mass is 15.0. The predicted molar refractivity (Wildman–Crippen MR) is 52.4 cm³/mol. The van der Waals surface area contributed by atoms with E-state index in [9.17, 15) is 0 Å². The van der Waals surface area contributed by atoms with Crippen LogP contribution in [0.2, 0.25) is 0 Å². The molecule has 0 fully saturated rings. The second kappa shape index (κ2) is 4.75. The van der Waals surface area contributed by atoms with E-state index in [-0.39, 0.29) is 0 Å². The maximum atomic E-state index is 4.24. The van der Waals surface area contributed by atoms with Crippen molar-refractivity contribution in [2.45, 2.75) is 26.2 Å². The van der Waals surface area contributed by atoms with Crippen LogP contribution < -0.4 is 5.32 Å². The van der Waals surface area contributed by atoms with Gasteiger partial charge in [-0.05, 0) is 24.5 Å². The molecule has 1 heterocycles. The van der Waals surface area contributed by atoms with Gasteiger partial charge in [0.1, 0.15) is 5.82 Å². The molecule has 2 heteroatoms. The summed E-state index contributed by atoms with van der Waals surface area (Å²) in [6.07, 6.45) is 5.42. The molecular formula is C10H16N2. The fourth-order valence-electron chi connectivity index (χ4n) is 1.23. The number of hydrogen-bond acceptors (Lipinski definition) is 2. The predicted octanol–water partition coefficient (Wildman–Crippen LogP) is 2.47. The molecule has 1 aromatic rings. The van der Waals surface area contributed by atoms with Gasteiger partial charge in [0.2, 0.25) is 0 Å². The Hall–Kier alpha value is -1.05. The molecule has 12 heavy (non-hydrogen) atoms. The largest absolute Gasteiger partial charge is 0.373 e. The van der Waals surface area contributed by atoms with Crippen LogP contribution in [0, 0.1) is 0 Å². The molecule has 1 N–H and O–H groups in total. The van der Waals surface area contributed by atoms with Crippen LogP contribution in [-0.4, -0.2) is 12.0 Å². The van der Waals surface area contributed by atoms with Crippen molar-refractivity contribution in [1.29, 1.82) is 0 Å². The molecule has 2 nitrogen and oxygen atoms in total. The van der Waals surface area contributed by atoms with Gasteiger partial charge in [-0.1, -0.05) is 19.4 Å². The quantitative estimate of drug-likeness (QED) is 0.739. The topological polar surface area (TPSA) is 24.9 Å². The van der Waals surface area contributed by atoms with Gasteiger partial charge in [0.25, 0.3) is 0 Å². The average molecular weight is 164 g/mol. The molecule has 66 valence electrons. The Morgan fingerprint density at radius 2 is 2.33 bits per heavy atom. The highest BCUT2D eigenvalue weighted by Crippen LogP contribution is 2.13. The number of unbranched alkanes of at least 4 members (excludes halogenated alkanes) is 1. The lowest BCUT2D eigenvalue weighted by Crippen LogP contribution is -1.97. The van der Waals surface area contributed by atoms with Gasteiger partial charge in [0, 0.05) is 13.2 Å². The number of aryl methyl sites for hydroxylation is 1. The first-order chi connectivity index (χ1) is 5.88. The van der Waals surface area contributed by atoms with Gasteiger partial charge in [-0.2, -0.15) is 0 Å². The molecule has 1 aromatic heterocycles. The zero-order valence-electron chi connectivity index (χ0n) is 7.80. The third kappa shape index (κ3) is 2.22. The smallest absolute Gasteiger partial charge is 0.128 e. The summed E-state index contributed by atoms with van der Waals surface area (Å²) in [7, 11) is 1.91. The second-order valence-corrected chi connectivity index (χ2v) is 2.86. The summed E-state index contributed by atoms with van der Waals surface area (Å²) in [6.45, 7) is 2.20. The summed E-state index contributed by atoms with van der Waals surface area (Å²) >= 11 is 0. The molecule has 0 amide bonds. The number of rotatable bonds is 4. The lowest BCUT2D eigenvalue weighted by Gasteiger charge is -2.05. The molecule has 0 atom stereocenters. The monoisotopic (exact) mass is 164 g/mol. The fraction of sp³-hybridized carbons (Fsp3) is 0.500. The summed E-state index contributed by atoms with van der Waals surface area (Å²) in [5.74, 6) is 1.02. The number of nitrogens with zero attached hydrogens (tertiary/aromatic N) is 1. The summed E-state index contributed by atoms with van der Waals surface area (Å²) in [5.41, 5.74) is 1.32. The van der Waals surface area contributed by atoms with E-state index in [2.05, 4.69) is 23.3 Å². The summed E-state index contributed by atoms with van der Waals surface area (Å²) in [4.78, 5) is 4.24. The van der Waals surface area contributed by atoms with Crippen molar-refractivity contribution in [3.63, 3.8) is 0 Å². The van der Waals surface area contributed by atoms with Gasteiger partial charge < -0.3 is 5.32 Å². The maximum absolute atomic E-state index is 4.24. The lowest BCUT2D eigenvalue weighted by molar-refractivity contribution is 0.793. The first-order valence-electron chi connectivity index (χ1n) is 4.50. The fourth-order valence-corrected chi connectivity index (χ4v) is 1.23. The van der Waals surface area contributed by atoms with Crippen LogP contribution in [0.5, 0.6) is 0 Å². The lowest BCUT2D eigenvalue weighted by atomic mass is 10.1. The van der Waals surface area contributed by atoms with Gasteiger partial charge in [0.05, 0.1) is 0 Å².